The maximum atomic E-state index is 9.97. The normalized spacial score (nSPS) is 30.8. The highest BCUT2D eigenvalue weighted by molar-refractivity contribution is 5.98. The molecule has 4 aromatic carbocycles. The molecule has 0 N–H and O–H groups in total. The number of rotatable bonds is 6. The number of fused-ring (bicyclic) bond motifs is 5. The fourth-order valence-corrected chi connectivity index (χ4v) is 12.7. The van der Waals surface area contributed by atoms with Gasteiger partial charge in [-0.25, -0.2) is 15.0 Å². The zero-order chi connectivity index (χ0) is 36.3. The Morgan fingerprint density at radius 2 is 1.17 bits per heavy atom. The lowest BCUT2D eigenvalue weighted by Gasteiger charge is -2.51. The second-order valence-electron chi connectivity index (χ2n) is 18.3. The summed E-state index contributed by atoms with van der Waals surface area (Å²) in [5.74, 6) is 6.78. The van der Waals surface area contributed by atoms with E-state index in [1.165, 1.54) is 81.8 Å². The molecular formula is C49H54N4. The average Bonchev–Trinajstić information content (AvgIpc) is 3.16. The molecule has 3 unspecified atom stereocenters. The molecule has 9 rings (SSSR count). The summed E-state index contributed by atoms with van der Waals surface area (Å²) in [6.45, 7) is 9.78. The second-order valence-corrected chi connectivity index (χ2v) is 18.3. The summed E-state index contributed by atoms with van der Waals surface area (Å²) in [6.07, 6.45) is 14.4. The lowest BCUT2D eigenvalue weighted by Crippen LogP contribution is -2.43. The zero-order valence-electron chi connectivity index (χ0n) is 32.1. The first kappa shape index (κ1) is 34.4. The summed E-state index contributed by atoms with van der Waals surface area (Å²) < 4.78 is 0. The molecule has 0 amide bonds. The SMILES string of the molecule is CC[C@H]1C[C@H]2C[C@@H](C)CC(c3ccccc3-c3nc(-c4ccc(C56CC(C[C@@H](C)C5)C[C@H](C)C6)cc4)nc(-c4cccc5c(C#N)cccc45)n3)(C2)C1. The summed E-state index contributed by atoms with van der Waals surface area (Å²) in [5.41, 5.74) is 7.10. The van der Waals surface area contributed by atoms with Crippen molar-refractivity contribution in [3.8, 4) is 40.2 Å². The van der Waals surface area contributed by atoms with Gasteiger partial charge in [-0.2, -0.15) is 5.26 Å². The van der Waals surface area contributed by atoms with Crippen LogP contribution in [0.3, 0.4) is 0 Å². The predicted molar refractivity (Wildman–Crippen MR) is 216 cm³/mol. The third-order valence-corrected chi connectivity index (χ3v) is 14.1. The van der Waals surface area contributed by atoms with Crippen molar-refractivity contribution in [2.75, 3.05) is 0 Å². The van der Waals surface area contributed by atoms with Crippen LogP contribution in [0.2, 0.25) is 0 Å². The van der Waals surface area contributed by atoms with Gasteiger partial charge in [0, 0.05) is 22.1 Å². The number of benzene rings is 4. The Balaban J connectivity index is 1.20. The van der Waals surface area contributed by atoms with E-state index in [0.29, 0.717) is 23.1 Å². The number of hydrogen-bond acceptors (Lipinski definition) is 4. The van der Waals surface area contributed by atoms with E-state index in [2.05, 4.69) is 94.4 Å². The molecule has 0 saturated heterocycles. The Labute approximate surface area is 316 Å². The Kier molecular flexibility index (Phi) is 8.76. The van der Waals surface area contributed by atoms with Crippen LogP contribution in [-0.2, 0) is 10.8 Å². The van der Waals surface area contributed by atoms with Gasteiger partial charge in [-0.05, 0) is 133 Å². The molecule has 4 saturated carbocycles. The molecule has 4 aliphatic rings. The van der Waals surface area contributed by atoms with Gasteiger partial charge < -0.3 is 0 Å². The average molecular weight is 699 g/mol. The van der Waals surface area contributed by atoms with Gasteiger partial charge in [0.25, 0.3) is 0 Å². The first-order chi connectivity index (χ1) is 25.7. The van der Waals surface area contributed by atoms with Gasteiger partial charge >= 0.3 is 0 Å². The van der Waals surface area contributed by atoms with Crippen LogP contribution in [0.4, 0.5) is 0 Å². The van der Waals surface area contributed by atoms with Crippen LogP contribution in [0.5, 0.6) is 0 Å². The van der Waals surface area contributed by atoms with Crippen molar-refractivity contribution in [3.05, 3.63) is 102 Å². The van der Waals surface area contributed by atoms with Gasteiger partial charge in [-0.1, -0.05) is 113 Å². The fourth-order valence-electron chi connectivity index (χ4n) is 12.7. The fraction of sp³-hybridized carbons (Fsp3) is 0.469. The van der Waals surface area contributed by atoms with Gasteiger partial charge in [0.1, 0.15) is 0 Å². The minimum atomic E-state index is 0.138. The molecule has 4 heteroatoms. The van der Waals surface area contributed by atoms with E-state index in [-0.39, 0.29) is 10.8 Å². The summed E-state index contributed by atoms with van der Waals surface area (Å²) in [5, 5.41) is 11.9. The van der Waals surface area contributed by atoms with Crippen LogP contribution in [0.25, 0.3) is 44.9 Å². The van der Waals surface area contributed by atoms with Crippen LogP contribution < -0.4 is 0 Å². The van der Waals surface area contributed by atoms with Crippen molar-refractivity contribution in [1.29, 1.82) is 5.26 Å². The largest absolute Gasteiger partial charge is 0.208 e. The van der Waals surface area contributed by atoms with Crippen LogP contribution in [0.1, 0.15) is 115 Å². The summed E-state index contributed by atoms with van der Waals surface area (Å²) in [4.78, 5) is 16.0. The van der Waals surface area contributed by atoms with E-state index in [9.17, 15) is 5.26 Å². The van der Waals surface area contributed by atoms with Crippen LogP contribution in [0, 0.1) is 46.8 Å². The van der Waals surface area contributed by atoms with Gasteiger partial charge in [0.05, 0.1) is 11.6 Å². The molecule has 4 bridgehead atoms. The molecule has 270 valence electrons. The zero-order valence-corrected chi connectivity index (χ0v) is 32.1. The standard InChI is InChI=1S/C49H54N4/c1-5-34-23-36-22-33(4)26-49(27-34,29-36)44-15-7-6-11-43(44)47-52-45(51-46(53-47)42-14-9-12-40-38(30-50)10-8-13-41(40)42)37-16-18-39(19-17-37)48-24-31(2)20-35(28-48)21-32(3)25-48/h6-19,31-36H,5,20-29H2,1-4H3/t31-,32+,33-,34+,35?,36-,48?,49?/m1/s1. The molecule has 0 spiro atoms. The molecule has 0 aliphatic heterocycles. The molecule has 53 heavy (non-hydrogen) atoms. The Morgan fingerprint density at radius 3 is 1.89 bits per heavy atom. The topological polar surface area (TPSA) is 62.5 Å². The highest BCUT2D eigenvalue weighted by Crippen LogP contribution is 2.57. The van der Waals surface area contributed by atoms with Crippen molar-refractivity contribution in [2.24, 2.45) is 35.5 Å². The van der Waals surface area contributed by atoms with Crippen LogP contribution in [0.15, 0.2) is 84.9 Å². The predicted octanol–water partition coefficient (Wildman–Crippen LogP) is 12.5. The number of hydrogen-bond donors (Lipinski definition) is 0. The maximum Gasteiger partial charge on any atom is 0.164 e. The van der Waals surface area contributed by atoms with Crippen LogP contribution in [-0.4, -0.2) is 15.0 Å². The van der Waals surface area contributed by atoms with Crippen molar-refractivity contribution in [1.82, 2.24) is 15.0 Å². The smallest absolute Gasteiger partial charge is 0.164 e. The van der Waals surface area contributed by atoms with E-state index in [1.807, 2.05) is 24.3 Å². The van der Waals surface area contributed by atoms with E-state index < -0.39 is 0 Å². The van der Waals surface area contributed by atoms with Crippen molar-refractivity contribution in [2.45, 2.75) is 109 Å². The highest BCUT2D eigenvalue weighted by atomic mass is 15.0. The Hall–Kier alpha value is -4.36. The first-order valence-corrected chi connectivity index (χ1v) is 20.6. The highest BCUT2D eigenvalue weighted by Gasteiger charge is 2.47. The lowest BCUT2D eigenvalue weighted by molar-refractivity contribution is 0.0705. The molecular weight excluding hydrogens is 645 g/mol. The Morgan fingerprint density at radius 1 is 0.585 bits per heavy atom. The van der Waals surface area contributed by atoms with E-state index >= 15 is 0 Å². The summed E-state index contributed by atoms with van der Waals surface area (Å²) >= 11 is 0. The van der Waals surface area contributed by atoms with E-state index in [0.717, 1.165) is 62.9 Å². The molecule has 8 atom stereocenters. The molecule has 4 aliphatic carbocycles. The molecule has 0 radical (unpaired) electrons. The quantitative estimate of drug-likeness (QED) is 0.177. The first-order valence-electron chi connectivity index (χ1n) is 20.6. The van der Waals surface area contributed by atoms with E-state index in [1.54, 1.807) is 0 Å². The third kappa shape index (κ3) is 6.19. The summed E-state index contributed by atoms with van der Waals surface area (Å²) in [6, 6.07) is 32.9. The molecule has 1 heterocycles. The van der Waals surface area contributed by atoms with Crippen molar-refractivity contribution >= 4 is 10.8 Å². The minimum Gasteiger partial charge on any atom is -0.208 e. The van der Waals surface area contributed by atoms with E-state index in [4.69, 9.17) is 15.0 Å². The van der Waals surface area contributed by atoms with Gasteiger partial charge in [0.2, 0.25) is 0 Å². The van der Waals surface area contributed by atoms with Gasteiger partial charge in [-0.3, -0.25) is 0 Å². The van der Waals surface area contributed by atoms with Gasteiger partial charge in [0.15, 0.2) is 17.5 Å². The second kappa shape index (κ2) is 13.5. The number of nitriles is 1. The van der Waals surface area contributed by atoms with Gasteiger partial charge in [-0.15, -0.1) is 0 Å². The molecule has 4 nitrogen and oxygen atoms in total. The summed E-state index contributed by atoms with van der Waals surface area (Å²) in [7, 11) is 0. The molecule has 1 aromatic heterocycles. The lowest BCUT2D eigenvalue weighted by atomic mass is 9.53. The van der Waals surface area contributed by atoms with Crippen molar-refractivity contribution < 1.29 is 0 Å². The third-order valence-electron chi connectivity index (χ3n) is 14.1. The Bertz CT molecular complexity index is 2170. The number of nitrogens with zero attached hydrogens (tertiary/aromatic N) is 4. The number of aromatic nitrogens is 3. The maximum absolute atomic E-state index is 9.97. The molecule has 4 fully saturated rings. The minimum absolute atomic E-state index is 0.138. The van der Waals surface area contributed by atoms with Crippen LogP contribution >= 0.6 is 0 Å². The molecule has 5 aromatic rings. The monoisotopic (exact) mass is 698 g/mol. The van der Waals surface area contributed by atoms with Crippen molar-refractivity contribution in [3.63, 3.8) is 0 Å².